The molecule has 3 rings (SSSR count). The van der Waals surface area contributed by atoms with E-state index in [-0.39, 0.29) is 11.3 Å². The highest BCUT2D eigenvalue weighted by Crippen LogP contribution is 2.46. The van der Waals surface area contributed by atoms with Crippen LogP contribution in [0, 0.1) is 0 Å². The van der Waals surface area contributed by atoms with Gasteiger partial charge in [-0.1, -0.05) is 29.8 Å². The average Bonchev–Trinajstić information content (AvgIpc) is 3.04. The zero-order valence-electron chi connectivity index (χ0n) is 8.73. The molecule has 0 radical (unpaired) electrons. The third kappa shape index (κ3) is 1.72. The number of halogens is 1. The topological polar surface area (TPSA) is 20.3 Å². The van der Waals surface area contributed by atoms with Crippen LogP contribution in [-0.4, -0.2) is 22.6 Å². The molecular weight excluding hydrogens is 242 g/mol. The first-order chi connectivity index (χ1) is 7.77. The number of thioether (sulfide) groups is 1. The molecule has 2 aliphatic rings. The van der Waals surface area contributed by atoms with Crippen molar-refractivity contribution in [1.29, 1.82) is 0 Å². The van der Waals surface area contributed by atoms with E-state index in [1.807, 2.05) is 29.2 Å². The molecule has 0 unspecified atom stereocenters. The predicted molar refractivity (Wildman–Crippen MR) is 66.5 cm³/mol. The van der Waals surface area contributed by atoms with E-state index in [2.05, 4.69) is 0 Å². The number of hydrogen-bond donors (Lipinski definition) is 0. The lowest BCUT2D eigenvalue weighted by Crippen LogP contribution is -2.30. The maximum atomic E-state index is 11.8. The Morgan fingerprint density at radius 2 is 2.06 bits per heavy atom. The Bertz CT molecular complexity index is 433. The Balaban J connectivity index is 1.94. The van der Waals surface area contributed by atoms with E-state index in [4.69, 9.17) is 11.6 Å². The number of carbonyl (C=O) groups excluding carboxylic acids is 1. The largest absolute Gasteiger partial charge is 0.323 e. The normalized spacial score (nSPS) is 25.2. The molecule has 2 nitrogen and oxygen atoms in total. The highest BCUT2D eigenvalue weighted by atomic mass is 35.5. The van der Waals surface area contributed by atoms with Crippen LogP contribution in [0.2, 0.25) is 5.02 Å². The molecule has 1 aliphatic heterocycles. The molecule has 84 valence electrons. The first-order valence-corrected chi connectivity index (χ1v) is 6.87. The molecular formula is C12H12ClNOS. The van der Waals surface area contributed by atoms with Crippen molar-refractivity contribution in [2.24, 2.45) is 0 Å². The van der Waals surface area contributed by atoms with E-state index in [0.717, 1.165) is 23.4 Å². The number of rotatable bonds is 2. The lowest BCUT2D eigenvalue weighted by molar-refractivity contribution is -0.128. The minimum Gasteiger partial charge on any atom is -0.323 e. The van der Waals surface area contributed by atoms with Gasteiger partial charge in [0.2, 0.25) is 5.91 Å². The van der Waals surface area contributed by atoms with Crippen molar-refractivity contribution in [3.63, 3.8) is 0 Å². The summed E-state index contributed by atoms with van der Waals surface area (Å²) >= 11 is 7.88. The Morgan fingerprint density at radius 1 is 1.31 bits per heavy atom. The summed E-state index contributed by atoms with van der Waals surface area (Å²) in [4.78, 5) is 13.8. The fourth-order valence-corrected chi connectivity index (χ4v) is 3.69. The molecule has 1 aromatic rings. The Hall–Kier alpha value is -0.670. The SMILES string of the molecule is O=C1CS[C@H](c2ccccc2Cl)N1C1CC1. The second-order valence-corrected chi connectivity index (χ2v) is 5.69. The molecule has 4 heteroatoms. The van der Waals surface area contributed by atoms with Crippen LogP contribution in [-0.2, 0) is 4.79 Å². The van der Waals surface area contributed by atoms with E-state index in [1.165, 1.54) is 0 Å². The Morgan fingerprint density at radius 3 is 2.75 bits per heavy atom. The molecule has 1 atom stereocenters. The zero-order valence-corrected chi connectivity index (χ0v) is 10.3. The average molecular weight is 254 g/mol. The second kappa shape index (κ2) is 3.97. The first-order valence-electron chi connectivity index (χ1n) is 5.44. The monoisotopic (exact) mass is 253 g/mol. The summed E-state index contributed by atoms with van der Waals surface area (Å²) in [6.45, 7) is 0. The Labute approximate surface area is 104 Å². The summed E-state index contributed by atoms with van der Waals surface area (Å²) < 4.78 is 0. The highest BCUT2D eigenvalue weighted by molar-refractivity contribution is 8.00. The van der Waals surface area contributed by atoms with Gasteiger partial charge in [-0.2, -0.15) is 0 Å². The summed E-state index contributed by atoms with van der Waals surface area (Å²) in [7, 11) is 0. The molecule has 1 saturated heterocycles. The van der Waals surface area contributed by atoms with Gasteiger partial charge in [0.1, 0.15) is 5.37 Å². The van der Waals surface area contributed by atoms with E-state index in [0.29, 0.717) is 11.8 Å². The van der Waals surface area contributed by atoms with Crippen molar-refractivity contribution < 1.29 is 4.79 Å². The van der Waals surface area contributed by atoms with Gasteiger partial charge in [0.15, 0.2) is 0 Å². The van der Waals surface area contributed by atoms with Gasteiger partial charge in [-0.3, -0.25) is 4.79 Å². The molecule has 0 aromatic heterocycles. The number of amides is 1. The third-order valence-electron chi connectivity index (χ3n) is 3.02. The van der Waals surface area contributed by atoms with Crippen LogP contribution in [0.3, 0.4) is 0 Å². The minimum absolute atomic E-state index is 0.133. The molecule has 1 heterocycles. The summed E-state index contributed by atoms with van der Waals surface area (Å²) in [5, 5.41) is 0.897. The quantitative estimate of drug-likeness (QED) is 0.807. The van der Waals surface area contributed by atoms with Gasteiger partial charge in [-0.25, -0.2) is 0 Å². The summed E-state index contributed by atoms with van der Waals surface area (Å²) in [5.74, 6) is 0.851. The zero-order chi connectivity index (χ0) is 11.1. The van der Waals surface area contributed by atoms with Gasteiger partial charge in [-0.05, 0) is 18.9 Å². The fourth-order valence-electron chi connectivity index (χ4n) is 2.10. The maximum absolute atomic E-state index is 11.8. The molecule has 2 fully saturated rings. The van der Waals surface area contributed by atoms with Gasteiger partial charge >= 0.3 is 0 Å². The third-order valence-corrected chi connectivity index (χ3v) is 4.57. The van der Waals surface area contributed by atoms with Crippen LogP contribution in [0.15, 0.2) is 24.3 Å². The molecule has 0 spiro atoms. The van der Waals surface area contributed by atoms with Crippen LogP contribution in [0.25, 0.3) is 0 Å². The maximum Gasteiger partial charge on any atom is 0.234 e. The van der Waals surface area contributed by atoms with Crippen molar-refractivity contribution in [2.45, 2.75) is 24.3 Å². The number of hydrogen-bond acceptors (Lipinski definition) is 2. The van der Waals surface area contributed by atoms with E-state index in [1.54, 1.807) is 11.8 Å². The molecule has 16 heavy (non-hydrogen) atoms. The second-order valence-electron chi connectivity index (χ2n) is 4.22. The number of nitrogens with zero attached hydrogens (tertiary/aromatic N) is 1. The van der Waals surface area contributed by atoms with Crippen LogP contribution in [0.4, 0.5) is 0 Å². The van der Waals surface area contributed by atoms with Crippen molar-refractivity contribution in [3.8, 4) is 0 Å². The molecule has 1 amide bonds. The minimum atomic E-state index is 0.133. The smallest absolute Gasteiger partial charge is 0.234 e. The molecule has 1 aromatic carbocycles. The lowest BCUT2D eigenvalue weighted by Gasteiger charge is -2.24. The van der Waals surface area contributed by atoms with Gasteiger partial charge in [0, 0.05) is 16.6 Å². The summed E-state index contributed by atoms with van der Waals surface area (Å²) in [6.07, 6.45) is 2.29. The predicted octanol–water partition coefficient (Wildman–Crippen LogP) is 3.08. The lowest BCUT2D eigenvalue weighted by atomic mass is 10.2. The van der Waals surface area contributed by atoms with E-state index in [9.17, 15) is 4.79 Å². The van der Waals surface area contributed by atoms with E-state index < -0.39 is 0 Å². The number of carbonyl (C=O) groups is 1. The van der Waals surface area contributed by atoms with Crippen molar-refractivity contribution in [3.05, 3.63) is 34.9 Å². The summed E-state index contributed by atoms with van der Waals surface area (Å²) in [6, 6.07) is 8.28. The van der Waals surface area contributed by atoms with Crippen LogP contribution in [0.1, 0.15) is 23.8 Å². The Kier molecular flexibility index (Phi) is 2.60. The molecule has 1 saturated carbocycles. The van der Waals surface area contributed by atoms with Crippen LogP contribution >= 0.6 is 23.4 Å². The van der Waals surface area contributed by atoms with Crippen LogP contribution < -0.4 is 0 Å². The van der Waals surface area contributed by atoms with Gasteiger partial charge in [0.05, 0.1) is 5.75 Å². The van der Waals surface area contributed by atoms with Gasteiger partial charge in [0.25, 0.3) is 0 Å². The van der Waals surface area contributed by atoms with E-state index >= 15 is 0 Å². The van der Waals surface area contributed by atoms with Gasteiger partial charge in [-0.15, -0.1) is 11.8 Å². The van der Waals surface area contributed by atoms with Crippen molar-refractivity contribution in [2.75, 3.05) is 5.75 Å². The van der Waals surface area contributed by atoms with Crippen LogP contribution in [0.5, 0.6) is 0 Å². The fraction of sp³-hybridized carbons (Fsp3) is 0.417. The molecule has 0 bridgehead atoms. The van der Waals surface area contributed by atoms with Crippen molar-refractivity contribution >= 4 is 29.3 Å². The summed E-state index contributed by atoms with van der Waals surface area (Å²) in [5.41, 5.74) is 1.08. The van der Waals surface area contributed by atoms with Crippen molar-refractivity contribution in [1.82, 2.24) is 4.90 Å². The molecule has 1 aliphatic carbocycles. The standard InChI is InChI=1S/C12H12ClNOS/c13-10-4-2-1-3-9(10)12-14(8-5-6-8)11(15)7-16-12/h1-4,8,12H,5-7H2/t12-/m1/s1. The highest BCUT2D eigenvalue weighted by Gasteiger charge is 2.42. The number of benzene rings is 1. The van der Waals surface area contributed by atoms with Gasteiger partial charge < -0.3 is 4.90 Å². The first kappa shape index (κ1) is 10.5. The molecule has 0 N–H and O–H groups in total.